The summed E-state index contributed by atoms with van der Waals surface area (Å²) in [5, 5.41) is 1.98. The van der Waals surface area contributed by atoms with Crippen LogP contribution in [0.4, 0.5) is 0 Å². The number of hydrogen-bond donors (Lipinski definition) is 0. The van der Waals surface area contributed by atoms with Crippen molar-refractivity contribution in [3.05, 3.63) is 76.4 Å². The molecule has 4 rings (SSSR count). The molecule has 2 aromatic heterocycles. The second-order valence-corrected chi connectivity index (χ2v) is 9.98. The number of thiophene rings is 1. The minimum absolute atomic E-state index is 0.148. The molecular formula is C21H22N2O4S2. The van der Waals surface area contributed by atoms with Crippen LogP contribution in [-0.4, -0.2) is 36.6 Å². The molecule has 0 unspecified atom stereocenters. The third kappa shape index (κ3) is 4.44. The predicted octanol–water partition coefficient (Wildman–Crippen LogP) is 3.97. The maximum Gasteiger partial charge on any atom is 0.254 e. The van der Waals surface area contributed by atoms with Crippen molar-refractivity contribution in [2.75, 3.05) is 13.1 Å². The highest BCUT2D eigenvalue weighted by Gasteiger charge is 2.27. The third-order valence-electron chi connectivity index (χ3n) is 4.97. The van der Waals surface area contributed by atoms with Gasteiger partial charge in [-0.05, 0) is 54.6 Å². The fraction of sp³-hybridized carbons (Fsp3) is 0.286. The number of benzene rings is 1. The molecular weight excluding hydrogens is 408 g/mol. The summed E-state index contributed by atoms with van der Waals surface area (Å²) in [6, 6.07) is 12.0. The number of carbonyl (C=O) groups is 1. The van der Waals surface area contributed by atoms with Crippen molar-refractivity contribution in [2.24, 2.45) is 0 Å². The number of hydrogen-bond acceptors (Lipinski definition) is 5. The van der Waals surface area contributed by atoms with E-state index in [1.807, 2.05) is 23.6 Å². The molecule has 1 aromatic carbocycles. The summed E-state index contributed by atoms with van der Waals surface area (Å²) in [4.78, 5) is 16.2. The molecule has 8 heteroatoms. The Morgan fingerprint density at radius 1 is 1.07 bits per heavy atom. The summed E-state index contributed by atoms with van der Waals surface area (Å²) < 4.78 is 32.0. The van der Waals surface area contributed by atoms with Crippen LogP contribution in [-0.2, 0) is 23.1 Å². The molecule has 0 bridgehead atoms. The molecule has 3 aromatic rings. The molecule has 1 aliphatic heterocycles. The topological polar surface area (TPSA) is 70.8 Å². The van der Waals surface area contributed by atoms with Gasteiger partial charge in [0.1, 0.15) is 0 Å². The van der Waals surface area contributed by atoms with Crippen molar-refractivity contribution < 1.29 is 17.6 Å². The van der Waals surface area contributed by atoms with E-state index in [9.17, 15) is 13.2 Å². The number of carbonyl (C=O) groups excluding carboxylic acids is 1. The van der Waals surface area contributed by atoms with Gasteiger partial charge < -0.3 is 9.32 Å². The monoisotopic (exact) mass is 430 g/mol. The maximum atomic E-state index is 13.2. The summed E-state index contributed by atoms with van der Waals surface area (Å²) in [6.07, 6.45) is 4.99. The minimum atomic E-state index is -3.49. The second kappa shape index (κ2) is 8.52. The standard InChI is InChI=1S/C21H22N2O4S2/c24-21(22(14-17-9-12-27-16-17)15-19-4-3-13-28-19)18-5-7-20(8-6-18)29(25,26)23-10-1-2-11-23/h3-9,12-13,16H,1-2,10-11,14-15H2. The summed E-state index contributed by atoms with van der Waals surface area (Å²) in [6.45, 7) is 2.02. The molecule has 0 atom stereocenters. The van der Waals surface area contributed by atoms with Crippen LogP contribution in [0.5, 0.6) is 0 Å². The SMILES string of the molecule is O=C(c1ccc(S(=O)(=O)N2CCCC2)cc1)N(Cc1ccoc1)Cc1cccs1. The van der Waals surface area contributed by atoms with Gasteiger partial charge in [0.15, 0.2) is 0 Å². The Labute approximate surface area is 174 Å². The molecule has 0 N–H and O–H groups in total. The van der Waals surface area contributed by atoms with E-state index >= 15 is 0 Å². The van der Waals surface area contributed by atoms with Crippen LogP contribution in [0.3, 0.4) is 0 Å². The molecule has 1 aliphatic rings. The summed E-state index contributed by atoms with van der Waals surface area (Å²) >= 11 is 1.59. The summed E-state index contributed by atoms with van der Waals surface area (Å²) in [7, 11) is -3.49. The van der Waals surface area contributed by atoms with Gasteiger partial charge in [0, 0.05) is 35.6 Å². The highest BCUT2D eigenvalue weighted by molar-refractivity contribution is 7.89. The fourth-order valence-electron chi connectivity index (χ4n) is 3.42. The predicted molar refractivity (Wildman–Crippen MR) is 111 cm³/mol. The number of furan rings is 1. The van der Waals surface area contributed by atoms with Gasteiger partial charge in [-0.15, -0.1) is 11.3 Å². The van der Waals surface area contributed by atoms with Crippen LogP contribution in [0.25, 0.3) is 0 Å². The molecule has 1 saturated heterocycles. The smallest absolute Gasteiger partial charge is 0.254 e. The van der Waals surface area contributed by atoms with Crippen LogP contribution in [0, 0.1) is 0 Å². The van der Waals surface area contributed by atoms with Crippen molar-refractivity contribution in [3.8, 4) is 0 Å². The van der Waals surface area contributed by atoms with Crippen LogP contribution in [0.15, 0.2) is 69.7 Å². The van der Waals surface area contributed by atoms with Crippen molar-refractivity contribution in [1.29, 1.82) is 0 Å². The van der Waals surface area contributed by atoms with E-state index in [-0.39, 0.29) is 10.8 Å². The number of rotatable bonds is 7. The van der Waals surface area contributed by atoms with E-state index in [1.54, 1.807) is 40.9 Å². The first kappa shape index (κ1) is 19.9. The Kier molecular flexibility index (Phi) is 5.84. The molecule has 0 radical (unpaired) electrons. The lowest BCUT2D eigenvalue weighted by molar-refractivity contribution is 0.0731. The molecule has 152 valence electrons. The number of nitrogens with zero attached hydrogens (tertiary/aromatic N) is 2. The molecule has 1 fully saturated rings. The lowest BCUT2D eigenvalue weighted by atomic mass is 10.2. The average Bonchev–Trinajstić information content (AvgIpc) is 3.50. The maximum absolute atomic E-state index is 13.2. The van der Waals surface area contributed by atoms with Crippen molar-refractivity contribution >= 4 is 27.3 Å². The van der Waals surface area contributed by atoms with Gasteiger partial charge in [0.2, 0.25) is 10.0 Å². The van der Waals surface area contributed by atoms with Gasteiger partial charge in [0.05, 0.1) is 24.0 Å². The normalized spacial score (nSPS) is 14.9. The van der Waals surface area contributed by atoms with Crippen LogP contribution in [0.2, 0.25) is 0 Å². The number of amides is 1. The van der Waals surface area contributed by atoms with E-state index in [0.29, 0.717) is 31.7 Å². The molecule has 0 saturated carbocycles. The Bertz CT molecular complexity index is 1000. The zero-order valence-corrected chi connectivity index (χ0v) is 17.5. The second-order valence-electron chi connectivity index (χ2n) is 7.01. The van der Waals surface area contributed by atoms with Gasteiger partial charge in [0.25, 0.3) is 5.91 Å². The quantitative estimate of drug-likeness (QED) is 0.569. The zero-order valence-electron chi connectivity index (χ0n) is 15.9. The minimum Gasteiger partial charge on any atom is -0.472 e. The molecule has 29 heavy (non-hydrogen) atoms. The third-order valence-corrected chi connectivity index (χ3v) is 7.75. The Hall–Kier alpha value is -2.42. The molecule has 6 nitrogen and oxygen atoms in total. The van der Waals surface area contributed by atoms with Gasteiger partial charge >= 0.3 is 0 Å². The molecule has 1 amide bonds. The van der Waals surface area contributed by atoms with Gasteiger partial charge in [-0.3, -0.25) is 4.79 Å². The van der Waals surface area contributed by atoms with E-state index in [0.717, 1.165) is 23.3 Å². The molecule has 0 spiro atoms. The highest BCUT2D eigenvalue weighted by atomic mass is 32.2. The van der Waals surface area contributed by atoms with Crippen molar-refractivity contribution in [1.82, 2.24) is 9.21 Å². The van der Waals surface area contributed by atoms with Gasteiger partial charge in [-0.25, -0.2) is 8.42 Å². The van der Waals surface area contributed by atoms with Gasteiger partial charge in [-0.2, -0.15) is 4.31 Å². The first-order chi connectivity index (χ1) is 14.0. The average molecular weight is 431 g/mol. The van der Waals surface area contributed by atoms with E-state index in [1.165, 1.54) is 16.4 Å². The first-order valence-corrected chi connectivity index (χ1v) is 11.8. The van der Waals surface area contributed by atoms with E-state index in [4.69, 9.17) is 4.42 Å². The van der Waals surface area contributed by atoms with Crippen LogP contribution in [0.1, 0.15) is 33.6 Å². The Morgan fingerprint density at radius 2 is 1.83 bits per heavy atom. The lowest BCUT2D eigenvalue weighted by Gasteiger charge is -2.22. The van der Waals surface area contributed by atoms with Crippen LogP contribution < -0.4 is 0 Å². The van der Waals surface area contributed by atoms with E-state index < -0.39 is 10.0 Å². The fourth-order valence-corrected chi connectivity index (χ4v) is 5.66. The summed E-state index contributed by atoms with van der Waals surface area (Å²) in [5.41, 5.74) is 1.37. The van der Waals surface area contributed by atoms with Crippen molar-refractivity contribution in [3.63, 3.8) is 0 Å². The summed E-state index contributed by atoms with van der Waals surface area (Å²) in [5.74, 6) is -0.148. The first-order valence-electron chi connectivity index (χ1n) is 9.47. The largest absolute Gasteiger partial charge is 0.472 e. The van der Waals surface area contributed by atoms with E-state index in [2.05, 4.69) is 0 Å². The lowest BCUT2D eigenvalue weighted by Crippen LogP contribution is -2.30. The van der Waals surface area contributed by atoms with Crippen molar-refractivity contribution in [2.45, 2.75) is 30.8 Å². The Balaban J connectivity index is 1.55. The Morgan fingerprint density at radius 3 is 2.45 bits per heavy atom. The highest BCUT2D eigenvalue weighted by Crippen LogP contribution is 2.22. The molecule has 0 aliphatic carbocycles. The number of sulfonamides is 1. The van der Waals surface area contributed by atoms with Gasteiger partial charge in [-0.1, -0.05) is 6.07 Å². The molecule has 3 heterocycles. The van der Waals surface area contributed by atoms with Crippen LogP contribution >= 0.6 is 11.3 Å². The zero-order chi connectivity index (χ0) is 20.3.